The van der Waals surface area contributed by atoms with Crippen molar-refractivity contribution < 1.29 is 4.39 Å². The Morgan fingerprint density at radius 1 is 1.19 bits per heavy atom. The fraction of sp³-hybridized carbons (Fsp3) is 0.667. The van der Waals surface area contributed by atoms with E-state index < -0.39 is 0 Å². The van der Waals surface area contributed by atoms with Crippen molar-refractivity contribution in [3.63, 3.8) is 0 Å². The summed E-state index contributed by atoms with van der Waals surface area (Å²) in [5.74, 6) is 1.30. The first kappa shape index (κ1) is 16.4. The highest BCUT2D eigenvalue weighted by atomic mass is 19.1. The Hall–Kier alpha value is -0.930. The van der Waals surface area contributed by atoms with Gasteiger partial charge < -0.3 is 5.73 Å². The van der Waals surface area contributed by atoms with Crippen LogP contribution < -0.4 is 5.73 Å². The van der Waals surface area contributed by atoms with Gasteiger partial charge in [-0.25, -0.2) is 4.39 Å². The van der Waals surface area contributed by atoms with Crippen molar-refractivity contribution in [3.05, 3.63) is 35.6 Å². The molecule has 1 aromatic rings. The van der Waals surface area contributed by atoms with E-state index in [-0.39, 0.29) is 17.9 Å². The maximum Gasteiger partial charge on any atom is 0.127 e. The van der Waals surface area contributed by atoms with Crippen molar-refractivity contribution in [2.45, 2.75) is 58.2 Å². The molecular formula is C18H29FN2. The average molecular weight is 292 g/mol. The molecule has 21 heavy (non-hydrogen) atoms. The highest BCUT2D eigenvalue weighted by molar-refractivity contribution is 5.21. The second-order valence-corrected chi connectivity index (χ2v) is 6.91. The van der Waals surface area contributed by atoms with Crippen molar-refractivity contribution in [2.75, 3.05) is 7.05 Å². The minimum absolute atomic E-state index is 0.0492. The summed E-state index contributed by atoms with van der Waals surface area (Å²) in [6, 6.07) is 7.64. The van der Waals surface area contributed by atoms with Gasteiger partial charge in [0.05, 0.1) is 0 Å². The van der Waals surface area contributed by atoms with Crippen LogP contribution in [0.5, 0.6) is 0 Å². The lowest BCUT2D eigenvalue weighted by molar-refractivity contribution is 0.0885. The summed E-state index contributed by atoms with van der Waals surface area (Å²) in [7, 11) is 2.09. The minimum Gasteiger partial charge on any atom is -0.326 e. The van der Waals surface area contributed by atoms with Gasteiger partial charge in [-0.3, -0.25) is 4.90 Å². The molecule has 0 heterocycles. The van der Waals surface area contributed by atoms with Crippen LogP contribution in [0, 0.1) is 17.7 Å². The van der Waals surface area contributed by atoms with E-state index in [0.717, 1.165) is 24.3 Å². The molecule has 3 heteroatoms. The Morgan fingerprint density at radius 2 is 1.86 bits per heavy atom. The monoisotopic (exact) mass is 292 g/mol. The number of hydrogen-bond acceptors (Lipinski definition) is 2. The standard InChI is InChI=1S/C18H29FN2/c1-12(2)14-9-10-17(20)18(11-14)21(4)13(3)15-7-5-6-8-16(15)19/h5-8,12-14,17-18H,9-11,20H2,1-4H3. The van der Waals surface area contributed by atoms with Gasteiger partial charge in [-0.2, -0.15) is 0 Å². The van der Waals surface area contributed by atoms with Crippen molar-refractivity contribution in [1.82, 2.24) is 4.90 Å². The molecular weight excluding hydrogens is 263 g/mol. The number of benzene rings is 1. The lowest BCUT2D eigenvalue weighted by Gasteiger charge is -2.43. The third-order valence-electron chi connectivity index (χ3n) is 5.34. The highest BCUT2D eigenvalue weighted by Gasteiger charge is 2.34. The molecule has 0 bridgehead atoms. The van der Waals surface area contributed by atoms with Crippen LogP contribution >= 0.6 is 0 Å². The Balaban J connectivity index is 2.14. The number of halogens is 1. The molecule has 0 saturated heterocycles. The molecule has 4 unspecified atom stereocenters. The van der Waals surface area contributed by atoms with Crippen molar-refractivity contribution in [1.29, 1.82) is 0 Å². The highest BCUT2D eigenvalue weighted by Crippen LogP contribution is 2.35. The van der Waals surface area contributed by atoms with E-state index in [1.165, 1.54) is 12.5 Å². The van der Waals surface area contributed by atoms with Crippen LogP contribution in [0.3, 0.4) is 0 Å². The van der Waals surface area contributed by atoms with Gasteiger partial charge in [0.25, 0.3) is 0 Å². The summed E-state index contributed by atoms with van der Waals surface area (Å²) >= 11 is 0. The molecule has 0 aliphatic heterocycles. The van der Waals surface area contributed by atoms with E-state index in [1.54, 1.807) is 6.07 Å². The SMILES string of the molecule is CC(C)C1CCC(N)C(N(C)C(C)c2ccccc2F)C1. The molecule has 1 aliphatic rings. The molecule has 1 fully saturated rings. The molecule has 0 spiro atoms. The minimum atomic E-state index is -0.123. The van der Waals surface area contributed by atoms with Crippen LogP contribution in [0.4, 0.5) is 4.39 Å². The van der Waals surface area contributed by atoms with Gasteiger partial charge in [-0.15, -0.1) is 0 Å². The zero-order valence-electron chi connectivity index (χ0n) is 13.7. The van der Waals surface area contributed by atoms with E-state index in [2.05, 4.69) is 32.7 Å². The van der Waals surface area contributed by atoms with E-state index in [1.807, 2.05) is 12.1 Å². The Kier molecular flexibility index (Phi) is 5.39. The van der Waals surface area contributed by atoms with E-state index in [9.17, 15) is 4.39 Å². The van der Waals surface area contributed by atoms with Gasteiger partial charge in [0.2, 0.25) is 0 Å². The van der Waals surface area contributed by atoms with Crippen LogP contribution in [0.1, 0.15) is 51.6 Å². The molecule has 0 aromatic heterocycles. The topological polar surface area (TPSA) is 29.3 Å². The first-order valence-corrected chi connectivity index (χ1v) is 8.13. The fourth-order valence-electron chi connectivity index (χ4n) is 3.60. The summed E-state index contributed by atoms with van der Waals surface area (Å²) in [4.78, 5) is 2.28. The van der Waals surface area contributed by atoms with Crippen molar-refractivity contribution in [2.24, 2.45) is 17.6 Å². The molecule has 0 radical (unpaired) electrons. The average Bonchev–Trinajstić information content (AvgIpc) is 2.46. The smallest absolute Gasteiger partial charge is 0.127 e. The van der Waals surface area contributed by atoms with E-state index in [0.29, 0.717) is 12.0 Å². The van der Waals surface area contributed by atoms with Crippen LogP contribution in [0.15, 0.2) is 24.3 Å². The normalized spacial score (nSPS) is 28.1. The van der Waals surface area contributed by atoms with Crippen LogP contribution in [-0.2, 0) is 0 Å². The summed E-state index contributed by atoms with van der Waals surface area (Å²) in [5, 5.41) is 0. The molecule has 1 saturated carbocycles. The summed E-state index contributed by atoms with van der Waals surface area (Å²) in [6.45, 7) is 6.65. The zero-order valence-corrected chi connectivity index (χ0v) is 13.7. The number of nitrogens with two attached hydrogens (primary N) is 1. The molecule has 1 aromatic carbocycles. The Labute approximate surface area is 128 Å². The van der Waals surface area contributed by atoms with Gasteiger partial charge in [-0.1, -0.05) is 32.0 Å². The Morgan fingerprint density at radius 3 is 2.48 bits per heavy atom. The predicted octanol–water partition coefficient (Wildman–Crippen LogP) is 3.97. The number of nitrogens with zero attached hydrogens (tertiary/aromatic N) is 1. The number of likely N-dealkylation sites (N-methyl/N-ethyl adjacent to an activating group) is 1. The Bertz CT molecular complexity index is 460. The molecule has 0 amide bonds. The fourth-order valence-corrected chi connectivity index (χ4v) is 3.60. The quantitative estimate of drug-likeness (QED) is 0.910. The molecule has 2 N–H and O–H groups in total. The second kappa shape index (κ2) is 6.89. The molecule has 118 valence electrons. The van der Waals surface area contributed by atoms with Crippen molar-refractivity contribution >= 4 is 0 Å². The lowest BCUT2D eigenvalue weighted by atomic mass is 9.76. The van der Waals surface area contributed by atoms with Crippen LogP contribution in [-0.4, -0.2) is 24.0 Å². The largest absolute Gasteiger partial charge is 0.326 e. The lowest BCUT2D eigenvalue weighted by Crippen LogP contribution is -2.51. The third-order valence-corrected chi connectivity index (χ3v) is 5.34. The van der Waals surface area contributed by atoms with Gasteiger partial charge in [0, 0.05) is 23.7 Å². The molecule has 2 nitrogen and oxygen atoms in total. The van der Waals surface area contributed by atoms with Gasteiger partial charge in [0.15, 0.2) is 0 Å². The number of rotatable bonds is 4. The van der Waals surface area contributed by atoms with E-state index >= 15 is 0 Å². The number of hydrogen-bond donors (Lipinski definition) is 1. The predicted molar refractivity (Wildman–Crippen MR) is 86.5 cm³/mol. The first-order valence-electron chi connectivity index (χ1n) is 8.13. The summed E-state index contributed by atoms with van der Waals surface area (Å²) in [5.41, 5.74) is 7.12. The first-order chi connectivity index (χ1) is 9.91. The second-order valence-electron chi connectivity index (χ2n) is 6.91. The van der Waals surface area contributed by atoms with Gasteiger partial charge >= 0.3 is 0 Å². The molecule has 2 rings (SSSR count). The van der Waals surface area contributed by atoms with Gasteiger partial charge in [0.1, 0.15) is 5.82 Å². The maximum atomic E-state index is 14.0. The van der Waals surface area contributed by atoms with E-state index in [4.69, 9.17) is 5.73 Å². The van der Waals surface area contributed by atoms with Gasteiger partial charge in [-0.05, 0) is 51.1 Å². The maximum absolute atomic E-state index is 14.0. The summed E-state index contributed by atoms with van der Waals surface area (Å²) in [6.07, 6.45) is 3.41. The third kappa shape index (κ3) is 3.64. The van der Waals surface area contributed by atoms with Crippen LogP contribution in [0.2, 0.25) is 0 Å². The van der Waals surface area contributed by atoms with Crippen molar-refractivity contribution in [3.8, 4) is 0 Å². The summed E-state index contributed by atoms with van der Waals surface area (Å²) < 4.78 is 14.0. The van der Waals surface area contributed by atoms with Crippen LogP contribution in [0.25, 0.3) is 0 Å². The zero-order chi connectivity index (χ0) is 15.6. The molecule has 1 aliphatic carbocycles. The molecule has 4 atom stereocenters.